The molecule has 1 N–H and O–H groups in total. The molecule has 4 heteroatoms. The lowest BCUT2D eigenvalue weighted by molar-refractivity contribution is -0.149. The van der Waals surface area contributed by atoms with Crippen molar-refractivity contribution in [2.75, 3.05) is 7.11 Å². The highest BCUT2D eigenvalue weighted by Crippen LogP contribution is 2.19. The van der Waals surface area contributed by atoms with Crippen molar-refractivity contribution in [3.63, 3.8) is 0 Å². The van der Waals surface area contributed by atoms with Crippen molar-refractivity contribution < 1.29 is 19.4 Å². The van der Waals surface area contributed by atoms with Crippen molar-refractivity contribution in [3.05, 3.63) is 29.8 Å². The van der Waals surface area contributed by atoms with Crippen LogP contribution in [0.4, 0.5) is 0 Å². The summed E-state index contributed by atoms with van der Waals surface area (Å²) in [4.78, 5) is 11.5. The number of carbonyl (C=O) groups is 1. The number of hydrogen-bond donors (Lipinski definition) is 1. The predicted octanol–water partition coefficient (Wildman–Crippen LogP) is 2.46. The molecule has 1 aromatic carbocycles. The molecule has 1 aromatic rings. The van der Waals surface area contributed by atoms with Crippen LogP contribution in [0.3, 0.4) is 0 Å². The molecule has 0 aliphatic rings. The van der Waals surface area contributed by atoms with E-state index in [9.17, 15) is 9.90 Å². The van der Waals surface area contributed by atoms with E-state index in [1.807, 2.05) is 6.92 Å². The number of esters is 1. The van der Waals surface area contributed by atoms with Gasteiger partial charge in [-0.3, -0.25) is 0 Å². The molecule has 0 spiro atoms. The van der Waals surface area contributed by atoms with E-state index in [-0.39, 0.29) is 5.97 Å². The van der Waals surface area contributed by atoms with Crippen LogP contribution in [0, 0.1) is 0 Å². The zero-order valence-corrected chi connectivity index (χ0v) is 11.1. The van der Waals surface area contributed by atoms with Crippen LogP contribution < -0.4 is 4.74 Å². The first kappa shape index (κ1) is 14.5. The van der Waals surface area contributed by atoms with E-state index in [2.05, 4.69) is 0 Å². The van der Waals surface area contributed by atoms with E-state index in [1.54, 1.807) is 31.2 Å². The van der Waals surface area contributed by atoms with Gasteiger partial charge in [0.05, 0.1) is 13.2 Å². The zero-order chi connectivity index (χ0) is 13.5. The minimum absolute atomic E-state index is 0.364. The Morgan fingerprint density at radius 3 is 2.39 bits per heavy atom. The number of rotatable bonds is 6. The van der Waals surface area contributed by atoms with Crippen LogP contribution in [0.5, 0.6) is 5.75 Å². The highest BCUT2D eigenvalue weighted by molar-refractivity contribution is 5.74. The van der Waals surface area contributed by atoms with Crippen molar-refractivity contribution in [3.8, 4) is 5.75 Å². The highest BCUT2D eigenvalue weighted by Gasteiger charge is 2.19. The fourth-order valence-electron chi connectivity index (χ4n) is 1.61. The molecule has 1 rings (SSSR count). The second-order valence-electron chi connectivity index (χ2n) is 4.16. The normalized spacial score (nSPS) is 13.8. The molecule has 18 heavy (non-hydrogen) atoms. The second-order valence-corrected chi connectivity index (χ2v) is 4.16. The number of hydrogen-bond acceptors (Lipinski definition) is 4. The quantitative estimate of drug-likeness (QED) is 0.790. The van der Waals surface area contributed by atoms with E-state index in [1.165, 1.54) is 7.11 Å². The third-order valence-electron chi connectivity index (χ3n) is 2.66. The van der Waals surface area contributed by atoms with Gasteiger partial charge in [-0.2, -0.15) is 0 Å². The first-order valence-corrected chi connectivity index (χ1v) is 6.11. The molecule has 0 saturated heterocycles. The van der Waals surface area contributed by atoms with Crippen LogP contribution in [0.1, 0.15) is 38.4 Å². The van der Waals surface area contributed by atoms with E-state index < -0.39 is 12.2 Å². The third-order valence-corrected chi connectivity index (χ3v) is 2.66. The summed E-state index contributed by atoms with van der Waals surface area (Å²) >= 11 is 0. The summed E-state index contributed by atoms with van der Waals surface area (Å²) in [6.07, 6.45) is 0.375. The fourth-order valence-corrected chi connectivity index (χ4v) is 1.61. The van der Waals surface area contributed by atoms with Gasteiger partial charge in [0.2, 0.25) is 0 Å². The van der Waals surface area contributed by atoms with Crippen LogP contribution in [0.2, 0.25) is 0 Å². The Labute approximate surface area is 108 Å². The monoisotopic (exact) mass is 252 g/mol. The highest BCUT2D eigenvalue weighted by atomic mass is 16.6. The minimum atomic E-state index is -0.572. The minimum Gasteiger partial charge on any atom is -0.479 e. The maximum Gasteiger partial charge on any atom is 0.347 e. The van der Waals surface area contributed by atoms with Gasteiger partial charge in [0.25, 0.3) is 0 Å². The van der Waals surface area contributed by atoms with Gasteiger partial charge in [-0.25, -0.2) is 4.79 Å². The Morgan fingerprint density at radius 1 is 1.33 bits per heavy atom. The lowest BCUT2D eigenvalue weighted by atomic mass is 10.1. The first-order valence-electron chi connectivity index (χ1n) is 6.11. The largest absolute Gasteiger partial charge is 0.479 e. The van der Waals surface area contributed by atoms with Gasteiger partial charge >= 0.3 is 5.97 Å². The SMILES string of the molecule is CCCC(Oc1ccc(C(C)O)cc1)C(=O)OC. The molecule has 0 radical (unpaired) electrons. The molecule has 0 heterocycles. The summed E-state index contributed by atoms with van der Waals surface area (Å²) in [6.45, 7) is 3.68. The van der Waals surface area contributed by atoms with Gasteiger partial charge < -0.3 is 14.6 Å². The Balaban J connectivity index is 2.71. The van der Waals surface area contributed by atoms with Gasteiger partial charge in [-0.15, -0.1) is 0 Å². The molecule has 0 fully saturated rings. The van der Waals surface area contributed by atoms with E-state index >= 15 is 0 Å². The van der Waals surface area contributed by atoms with Gasteiger partial charge in [0.15, 0.2) is 6.10 Å². The summed E-state index contributed by atoms with van der Waals surface area (Å²) < 4.78 is 10.3. The number of carbonyl (C=O) groups excluding carboxylic acids is 1. The number of ether oxygens (including phenoxy) is 2. The molecule has 0 bridgehead atoms. The molecule has 0 aromatic heterocycles. The van der Waals surface area contributed by atoms with Crippen LogP contribution >= 0.6 is 0 Å². The summed E-state index contributed by atoms with van der Waals surface area (Å²) in [5.74, 6) is 0.236. The van der Waals surface area contributed by atoms with Gasteiger partial charge in [-0.05, 0) is 31.0 Å². The van der Waals surface area contributed by atoms with Crippen molar-refractivity contribution in [1.82, 2.24) is 0 Å². The molecule has 0 aliphatic carbocycles. The van der Waals surface area contributed by atoms with Gasteiger partial charge in [0, 0.05) is 0 Å². The lowest BCUT2D eigenvalue weighted by Crippen LogP contribution is -2.28. The number of aliphatic hydroxyl groups excluding tert-OH is 1. The Morgan fingerprint density at radius 2 is 1.94 bits per heavy atom. The number of benzene rings is 1. The maximum absolute atomic E-state index is 11.5. The molecule has 2 atom stereocenters. The Kier molecular flexibility index (Phi) is 5.65. The second kappa shape index (κ2) is 7.01. The fraction of sp³-hybridized carbons (Fsp3) is 0.500. The Hall–Kier alpha value is -1.55. The van der Waals surface area contributed by atoms with Gasteiger partial charge in [0.1, 0.15) is 5.75 Å². The van der Waals surface area contributed by atoms with Gasteiger partial charge in [-0.1, -0.05) is 25.5 Å². The lowest BCUT2D eigenvalue weighted by Gasteiger charge is -2.16. The van der Waals surface area contributed by atoms with Crippen LogP contribution in [0.15, 0.2) is 24.3 Å². The summed E-state index contributed by atoms with van der Waals surface area (Å²) in [5, 5.41) is 9.39. The average molecular weight is 252 g/mol. The smallest absolute Gasteiger partial charge is 0.347 e. The maximum atomic E-state index is 11.5. The van der Waals surface area contributed by atoms with Crippen molar-refractivity contribution in [2.24, 2.45) is 0 Å². The summed E-state index contributed by atoms with van der Waals surface area (Å²) in [5.41, 5.74) is 0.812. The first-order chi connectivity index (χ1) is 8.58. The summed E-state index contributed by atoms with van der Waals surface area (Å²) in [7, 11) is 1.35. The predicted molar refractivity (Wildman–Crippen MR) is 68.4 cm³/mol. The van der Waals surface area contributed by atoms with Crippen LogP contribution in [-0.2, 0) is 9.53 Å². The van der Waals surface area contributed by atoms with E-state index in [0.717, 1.165) is 12.0 Å². The van der Waals surface area contributed by atoms with Crippen molar-refractivity contribution >= 4 is 5.97 Å². The summed E-state index contributed by atoms with van der Waals surface area (Å²) in [6, 6.07) is 7.04. The zero-order valence-electron chi connectivity index (χ0n) is 11.1. The van der Waals surface area contributed by atoms with Crippen molar-refractivity contribution in [1.29, 1.82) is 0 Å². The molecular weight excluding hydrogens is 232 g/mol. The molecule has 0 amide bonds. The molecule has 0 aliphatic heterocycles. The molecular formula is C14H20O4. The molecule has 0 saturated carbocycles. The average Bonchev–Trinajstić information content (AvgIpc) is 2.38. The third kappa shape index (κ3) is 4.04. The number of methoxy groups -OCH3 is 1. The van der Waals surface area contributed by atoms with E-state index in [0.29, 0.717) is 12.2 Å². The standard InChI is InChI=1S/C14H20O4/c1-4-5-13(14(16)17-3)18-12-8-6-11(7-9-12)10(2)15/h6-10,13,15H,4-5H2,1-3H3. The molecule has 4 nitrogen and oxygen atoms in total. The van der Waals surface area contributed by atoms with Crippen molar-refractivity contribution in [2.45, 2.75) is 38.9 Å². The molecule has 2 unspecified atom stereocenters. The van der Waals surface area contributed by atoms with E-state index in [4.69, 9.17) is 9.47 Å². The van der Waals surface area contributed by atoms with Crippen LogP contribution in [0.25, 0.3) is 0 Å². The Bertz CT molecular complexity index is 370. The topological polar surface area (TPSA) is 55.8 Å². The van der Waals surface area contributed by atoms with Crippen LogP contribution in [-0.4, -0.2) is 24.3 Å². The molecule has 100 valence electrons. The number of aliphatic hydroxyl groups is 1.